The predicted octanol–water partition coefficient (Wildman–Crippen LogP) is 8.00. The van der Waals surface area contributed by atoms with Crippen molar-refractivity contribution in [1.82, 2.24) is 30.1 Å². The third-order valence-electron chi connectivity index (χ3n) is 7.44. The molecule has 7 heteroatoms. The van der Waals surface area contributed by atoms with Crippen molar-refractivity contribution in [2.24, 2.45) is 0 Å². The van der Waals surface area contributed by atoms with E-state index in [-0.39, 0.29) is 0 Å². The van der Waals surface area contributed by atoms with E-state index in [0.29, 0.717) is 5.92 Å². The van der Waals surface area contributed by atoms with E-state index in [4.69, 9.17) is 9.97 Å². The normalized spacial score (nSPS) is 12.4. The van der Waals surface area contributed by atoms with E-state index in [9.17, 15) is 0 Å². The summed E-state index contributed by atoms with van der Waals surface area (Å²) in [6.07, 6.45) is 3.66. The van der Waals surface area contributed by atoms with Crippen LogP contribution in [0.2, 0.25) is 0 Å². The van der Waals surface area contributed by atoms with Gasteiger partial charge in [0.2, 0.25) is 0 Å². The molecular formula is C30H22N6S. The topological polar surface area (TPSA) is 83.1 Å². The molecule has 8 aromatic rings. The van der Waals surface area contributed by atoms with E-state index in [0.717, 1.165) is 55.3 Å². The maximum atomic E-state index is 4.97. The summed E-state index contributed by atoms with van der Waals surface area (Å²) in [5, 5.41) is 18.6. The van der Waals surface area contributed by atoms with E-state index < -0.39 is 0 Å². The quantitative estimate of drug-likeness (QED) is 0.237. The Bertz CT molecular complexity index is 2200. The molecule has 0 aliphatic rings. The number of fused-ring (bicyclic) bond motifs is 12. The van der Waals surface area contributed by atoms with Crippen LogP contribution in [0.3, 0.4) is 0 Å². The first-order chi connectivity index (χ1) is 18.1. The number of rotatable bonds is 2. The molecule has 0 aliphatic carbocycles. The third kappa shape index (κ3) is 2.86. The van der Waals surface area contributed by atoms with Gasteiger partial charge in [0.25, 0.3) is 0 Å². The molecular weight excluding hydrogens is 476 g/mol. The fourth-order valence-corrected chi connectivity index (χ4v) is 6.59. The van der Waals surface area contributed by atoms with Crippen molar-refractivity contribution in [2.75, 3.05) is 0 Å². The molecule has 0 aliphatic heterocycles. The minimum atomic E-state index is 0.345. The zero-order valence-corrected chi connectivity index (χ0v) is 21.4. The van der Waals surface area contributed by atoms with E-state index >= 15 is 0 Å². The Hall–Kier alpha value is -4.36. The molecule has 4 aromatic heterocycles. The molecule has 178 valence electrons. The average Bonchev–Trinajstić information content (AvgIpc) is 3.66. The van der Waals surface area contributed by atoms with Gasteiger partial charge in [0.05, 0.1) is 34.5 Å². The lowest BCUT2D eigenvalue weighted by molar-refractivity contribution is 0.799. The molecule has 0 amide bonds. The molecule has 0 atom stereocenters. The standard InChI is InChI=1S/C30H22N6S/c1-14(2)30-35-26-19-7-5-17(11-22(19)29-20(8-9-37-29)27(26)36-30)16-4-6-18-21(10-16)23-12-31-32-13-24(23)28-25(18)33-15(3)34-28/h4-14H,1-3H3,(H,33,34)(H,35,36). The van der Waals surface area contributed by atoms with Crippen molar-refractivity contribution in [3.05, 3.63) is 71.9 Å². The summed E-state index contributed by atoms with van der Waals surface area (Å²) in [6.45, 7) is 6.34. The number of nitrogens with zero attached hydrogens (tertiary/aromatic N) is 4. The Labute approximate surface area is 215 Å². The summed E-state index contributed by atoms with van der Waals surface area (Å²) in [7, 11) is 0. The number of imidazole rings is 2. The first kappa shape index (κ1) is 20.8. The summed E-state index contributed by atoms with van der Waals surface area (Å²) in [5.41, 5.74) is 6.52. The Balaban J connectivity index is 1.41. The lowest BCUT2D eigenvalue weighted by Gasteiger charge is -2.10. The highest BCUT2D eigenvalue weighted by atomic mass is 32.1. The molecule has 0 saturated carbocycles. The van der Waals surface area contributed by atoms with Crippen LogP contribution in [0.4, 0.5) is 0 Å². The molecule has 0 spiro atoms. The largest absolute Gasteiger partial charge is 0.342 e. The van der Waals surface area contributed by atoms with Gasteiger partial charge in [-0.15, -0.1) is 11.3 Å². The van der Waals surface area contributed by atoms with Crippen LogP contribution < -0.4 is 0 Å². The maximum Gasteiger partial charge on any atom is 0.109 e. The van der Waals surface area contributed by atoms with E-state index in [2.05, 4.69) is 81.9 Å². The van der Waals surface area contributed by atoms with Gasteiger partial charge in [0.1, 0.15) is 11.6 Å². The fraction of sp³-hybridized carbons (Fsp3) is 0.133. The smallest absolute Gasteiger partial charge is 0.109 e. The summed E-state index contributed by atoms with van der Waals surface area (Å²) >= 11 is 1.78. The van der Waals surface area contributed by atoms with Gasteiger partial charge in [-0.3, -0.25) is 0 Å². The molecule has 0 saturated heterocycles. The number of aromatic amines is 2. The summed E-state index contributed by atoms with van der Waals surface area (Å²) in [6, 6.07) is 15.7. The highest BCUT2D eigenvalue weighted by Crippen LogP contribution is 2.40. The van der Waals surface area contributed by atoms with Gasteiger partial charge in [0, 0.05) is 42.9 Å². The van der Waals surface area contributed by atoms with E-state index in [1.54, 1.807) is 11.3 Å². The van der Waals surface area contributed by atoms with Gasteiger partial charge in [-0.2, -0.15) is 10.2 Å². The Morgan fingerprint density at radius 2 is 1.35 bits per heavy atom. The second-order valence-electron chi connectivity index (χ2n) is 10.0. The number of aryl methyl sites for hydroxylation is 1. The lowest BCUT2D eigenvalue weighted by atomic mass is 9.95. The summed E-state index contributed by atoms with van der Waals surface area (Å²) in [4.78, 5) is 16.8. The summed E-state index contributed by atoms with van der Waals surface area (Å²) < 4.78 is 1.28. The molecule has 0 fully saturated rings. The van der Waals surface area contributed by atoms with Gasteiger partial charge >= 0.3 is 0 Å². The zero-order chi connectivity index (χ0) is 24.8. The minimum Gasteiger partial charge on any atom is -0.342 e. The van der Waals surface area contributed by atoms with Crippen LogP contribution in [0.15, 0.2) is 60.2 Å². The highest BCUT2D eigenvalue weighted by Gasteiger charge is 2.17. The first-order valence-corrected chi connectivity index (χ1v) is 13.3. The Morgan fingerprint density at radius 3 is 2.14 bits per heavy atom. The lowest BCUT2D eigenvalue weighted by Crippen LogP contribution is -1.88. The predicted molar refractivity (Wildman–Crippen MR) is 153 cm³/mol. The van der Waals surface area contributed by atoms with Crippen LogP contribution in [0.5, 0.6) is 0 Å². The fourth-order valence-electron chi connectivity index (χ4n) is 5.66. The number of hydrogen-bond acceptors (Lipinski definition) is 5. The maximum absolute atomic E-state index is 4.97. The molecule has 0 radical (unpaired) electrons. The van der Waals surface area contributed by atoms with E-state index in [1.165, 1.54) is 32.0 Å². The van der Waals surface area contributed by atoms with Crippen molar-refractivity contribution in [2.45, 2.75) is 26.7 Å². The minimum absolute atomic E-state index is 0.345. The Morgan fingerprint density at radius 1 is 0.676 bits per heavy atom. The second-order valence-corrected chi connectivity index (χ2v) is 11.0. The van der Waals surface area contributed by atoms with Crippen LogP contribution >= 0.6 is 11.3 Å². The van der Waals surface area contributed by atoms with Crippen molar-refractivity contribution < 1.29 is 0 Å². The SMILES string of the molecule is Cc1nc2c3cnncc3c3cc(-c4ccc5c(c4)c4sccc4c4nc(C(C)C)[nH]c54)ccc3c2[nH]1. The molecule has 8 rings (SSSR count). The third-order valence-corrected chi connectivity index (χ3v) is 8.39. The van der Waals surface area contributed by atoms with Crippen LogP contribution in [0.1, 0.15) is 31.4 Å². The van der Waals surface area contributed by atoms with Crippen molar-refractivity contribution >= 4 is 75.8 Å². The van der Waals surface area contributed by atoms with Crippen molar-refractivity contribution in [3.8, 4) is 11.1 Å². The van der Waals surface area contributed by atoms with Gasteiger partial charge in [-0.25, -0.2) is 9.97 Å². The van der Waals surface area contributed by atoms with Gasteiger partial charge in [-0.05, 0) is 47.0 Å². The number of nitrogens with one attached hydrogen (secondary N) is 2. The zero-order valence-electron chi connectivity index (χ0n) is 20.5. The first-order valence-electron chi connectivity index (χ1n) is 12.4. The number of aromatic nitrogens is 6. The number of hydrogen-bond donors (Lipinski definition) is 2. The number of H-pyrrole nitrogens is 2. The Kier molecular flexibility index (Phi) is 4.12. The van der Waals surface area contributed by atoms with Crippen LogP contribution in [-0.2, 0) is 0 Å². The second kappa shape index (κ2) is 7.33. The monoisotopic (exact) mass is 498 g/mol. The van der Waals surface area contributed by atoms with Crippen LogP contribution in [-0.4, -0.2) is 30.1 Å². The molecule has 0 unspecified atom stereocenters. The van der Waals surface area contributed by atoms with E-state index in [1.807, 2.05) is 19.3 Å². The highest BCUT2D eigenvalue weighted by molar-refractivity contribution is 7.18. The van der Waals surface area contributed by atoms with Crippen molar-refractivity contribution in [1.29, 1.82) is 0 Å². The molecule has 4 aromatic carbocycles. The summed E-state index contributed by atoms with van der Waals surface area (Å²) in [5.74, 6) is 2.27. The number of thiophene rings is 1. The van der Waals surface area contributed by atoms with Crippen molar-refractivity contribution in [3.63, 3.8) is 0 Å². The van der Waals surface area contributed by atoms with Crippen LogP contribution in [0, 0.1) is 6.92 Å². The number of benzene rings is 4. The molecule has 6 nitrogen and oxygen atoms in total. The van der Waals surface area contributed by atoms with Crippen LogP contribution in [0.25, 0.3) is 75.6 Å². The molecule has 37 heavy (non-hydrogen) atoms. The van der Waals surface area contributed by atoms with Gasteiger partial charge in [-0.1, -0.05) is 38.1 Å². The van der Waals surface area contributed by atoms with Gasteiger partial charge in [0.15, 0.2) is 0 Å². The molecule has 0 bridgehead atoms. The molecule has 2 N–H and O–H groups in total. The molecule has 4 heterocycles. The average molecular weight is 499 g/mol. The van der Waals surface area contributed by atoms with Gasteiger partial charge < -0.3 is 9.97 Å².